The fraction of sp³-hybridized carbons (Fsp3) is 0.333. The second-order valence-corrected chi connectivity index (χ2v) is 4.05. The zero-order chi connectivity index (χ0) is 13.0. The number of hydrogen-bond donors (Lipinski definition) is 1. The summed E-state index contributed by atoms with van der Waals surface area (Å²) >= 11 is 0. The van der Waals surface area contributed by atoms with Crippen molar-refractivity contribution in [3.05, 3.63) is 30.1 Å². The van der Waals surface area contributed by atoms with Crippen molar-refractivity contribution < 1.29 is 4.79 Å². The Kier molecular flexibility index (Phi) is 3.66. The fourth-order valence-corrected chi connectivity index (χ4v) is 1.66. The molecule has 0 aliphatic rings. The van der Waals surface area contributed by atoms with E-state index in [4.69, 9.17) is 0 Å². The minimum atomic E-state index is 0.0176. The van der Waals surface area contributed by atoms with Gasteiger partial charge in [0.1, 0.15) is 6.33 Å². The van der Waals surface area contributed by atoms with Gasteiger partial charge in [-0.05, 0) is 41.5 Å². The maximum absolute atomic E-state index is 11.5. The van der Waals surface area contributed by atoms with Crippen molar-refractivity contribution >= 4 is 11.6 Å². The summed E-state index contributed by atoms with van der Waals surface area (Å²) < 4.78 is 1.57. The highest BCUT2D eigenvalue weighted by Crippen LogP contribution is 2.18. The molecule has 0 atom stereocenters. The second-order valence-electron chi connectivity index (χ2n) is 4.05. The average molecular weight is 245 g/mol. The molecule has 94 valence electrons. The first-order valence-corrected chi connectivity index (χ1v) is 5.84. The van der Waals surface area contributed by atoms with Gasteiger partial charge >= 0.3 is 0 Å². The highest BCUT2D eigenvalue weighted by atomic mass is 16.1. The van der Waals surface area contributed by atoms with Gasteiger partial charge in [0.25, 0.3) is 0 Å². The lowest BCUT2D eigenvalue weighted by molar-refractivity contribution is -0.116. The third kappa shape index (κ3) is 2.71. The molecule has 1 aromatic heterocycles. The monoisotopic (exact) mass is 245 g/mol. The predicted octanol–water partition coefficient (Wildman–Crippen LogP) is 1.71. The Bertz CT molecular complexity index is 535. The molecule has 0 bridgehead atoms. The third-order valence-corrected chi connectivity index (χ3v) is 2.57. The van der Waals surface area contributed by atoms with Crippen molar-refractivity contribution in [2.24, 2.45) is 0 Å². The lowest BCUT2D eigenvalue weighted by atomic mass is 10.1. The Balaban J connectivity index is 2.24. The van der Waals surface area contributed by atoms with Crippen LogP contribution in [-0.2, 0) is 4.79 Å². The number of amides is 1. The van der Waals surface area contributed by atoms with Crippen LogP contribution in [-0.4, -0.2) is 26.1 Å². The van der Waals surface area contributed by atoms with Gasteiger partial charge in [-0.1, -0.05) is 13.0 Å². The fourth-order valence-electron chi connectivity index (χ4n) is 1.66. The van der Waals surface area contributed by atoms with Gasteiger partial charge in [-0.15, -0.1) is 5.10 Å². The van der Waals surface area contributed by atoms with Crippen LogP contribution in [0.15, 0.2) is 24.5 Å². The first kappa shape index (κ1) is 12.2. The number of carbonyl (C=O) groups is 1. The van der Waals surface area contributed by atoms with Gasteiger partial charge in [-0.25, -0.2) is 4.68 Å². The molecule has 1 amide bonds. The molecule has 2 aromatic rings. The van der Waals surface area contributed by atoms with Gasteiger partial charge in [0.2, 0.25) is 5.91 Å². The van der Waals surface area contributed by atoms with E-state index in [1.54, 1.807) is 4.68 Å². The zero-order valence-corrected chi connectivity index (χ0v) is 10.4. The SMILES string of the molecule is CCCC(=O)Nc1ccc(C)c(-n2cnnn2)c1. The third-order valence-electron chi connectivity index (χ3n) is 2.57. The number of nitrogens with zero attached hydrogens (tertiary/aromatic N) is 4. The van der Waals surface area contributed by atoms with Crippen LogP contribution in [0.1, 0.15) is 25.3 Å². The minimum Gasteiger partial charge on any atom is -0.326 e. The van der Waals surface area contributed by atoms with Crippen molar-refractivity contribution in [2.45, 2.75) is 26.7 Å². The van der Waals surface area contributed by atoms with E-state index in [9.17, 15) is 4.79 Å². The Morgan fingerprint density at radius 1 is 1.44 bits per heavy atom. The van der Waals surface area contributed by atoms with E-state index in [0.717, 1.165) is 23.4 Å². The van der Waals surface area contributed by atoms with Crippen LogP contribution in [0.25, 0.3) is 5.69 Å². The lowest BCUT2D eigenvalue weighted by Gasteiger charge is -2.09. The van der Waals surface area contributed by atoms with Crippen LogP contribution in [0.2, 0.25) is 0 Å². The van der Waals surface area contributed by atoms with Gasteiger partial charge < -0.3 is 5.32 Å². The van der Waals surface area contributed by atoms with E-state index in [0.29, 0.717) is 6.42 Å². The van der Waals surface area contributed by atoms with E-state index in [-0.39, 0.29) is 5.91 Å². The normalized spacial score (nSPS) is 10.3. The highest BCUT2D eigenvalue weighted by molar-refractivity contribution is 5.91. The number of carbonyl (C=O) groups excluding carboxylic acids is 1. The number of aromatic nitrogens is 4. The van der Waals surface area contributed by atoms with Gasteiger partial charge in [0, 0.05) is 12.1 Å². The summed E-state index contributed by atoms with van der Waals surface area (Å²) in [5, 5.41) is 13.9. The van der Waals surface area contributed by atoms with Crippen LogP contribution in [0.3, 0.4) is 0 Å². The summed E-state index contributed by atoms with van der Waals surface area (Å²) in [6.45, 7) is 3.94. The maximum atomic E-state index is 11.5. The molecule has 1 N–H and O–H groups in total. The molecule has 0 radical (unpaired) electrons. The molecule has 1 aromatic carbocycles. The van der Waals surface area contributed by atoms with E-state index in [1.807, 2.05) is 32.0 Å². The quantitative estimate of drug-likeness (QED) is 0.890. The van der Waals surface area contributed by atoms with E-state index in [1.165, 1.54) is 6.33 Å². The molecule has 6 nitrogen and oxygen atoms in total. The van der Waals surface area contributed by atoms with Crippen LogP contribution in [0.4, 0.5) is 5.69 Å². The predicted molar refractivity (Wildman–Crippen MR) is 67.4 cm³/mol. The number of hydrogen-bond acceptors (Lipinski definition) is 4. The summed E-state index contributed by atoms with van der Waals surface area (Å²) in [5.41, 5.74) is 2.65. The van der Waals surface area contributed by atoms with Gasteiger partial charge in [0.15, 0.2) is 0 Å². The Morgan fingerprint density at radius 2 is 2.28 bits per heavy atom. The van der Waals surface area contributed by atoms with Crippen molar-refractivity contribution in [3.8, 4) is 5.69 Å². The van der Waals surface area contributed by atoms with Crippen molar-refractivity contribution in [2.75, 3.05) is 5.32 Å². The van der Waals surface area contributed by atoms with Crippen molar-refractivity contribution in [3.63, 3.8) is 0 Å². The van der Waals surface area contributed by atoms with E-state index in [2.05, 4.69) is 20.8 Å². The Labute approximate surface area is 105 Å². The lowest BCUT2D eigenvalue weighted by Crippen LogP contribution is -2.11. The number of aryl methyl sites for hydroxylation is 1. The van der Waals surface area contributed by atoms with E-state index < -0.39 is 0 Å². The Hall–Kier alpha value is -2.24. The number of tetrazole rings is 1. The van der Waals surface area contributed by atoms with Crippen LogP contribution in [0, 0.1) is 6.92 Å². The molecule has 0 unspecified atom stereocenters. The maximum Gasteiger partial charge on any atom is 0.224 e. The summed E-state index contributed by atoms with van der Waals surface area (Å²) in [7, 11) is 0. The molecule has 18 heavy (non-hydrogen) atoms. The van der Waals surface area contributed by atoms with Crippen LogP contribution in [0.5, 0.6) is 0 Å². The first-order chi connectivity index (χ1) is 8.70. The minimum absolute atomic E-state index is 0.0176. The molecule has 1 heterocycles. The number of benzene rings is 1. The number of nitrogens with one attached hydrogen (secondary N) is 1. The second kappa shape index (κ2) is 5.39. The van der Waals surface area contributed by atoms with E-state index >= 15 is 0 Å². The Morgan fingerprint density at radius 3 is 2.94 bits per heavy atom. The van der Waals surface area contributed by atoms with Crippen molar-refractivity contribution in [1.82, 2.24) is 20.2 Å². The molecule has 0 spiro atoms. The zero-order valence-electron chi connectivity index (χ0n) is 10.4. The average Bonchev–Trinajstić information content (AvgIpc) is 2.85. The summed E-state index contributed by atoms with van der Waals surface area (Å²) in [6.07, 6.45) is 2.88. The van der Waals surface area contributed by atoms with Gasteiger partial charge in [-0.2, -0.15) is 0 Å². The molecule has 0 aliphatic heterocycles. The molecule has 0 aliphatic carbocycles. The highest BCUT2D eigenvalue weighted by Gasteiger charge is 2.06. The largest absolute Gasteiger partial charge is 0.326 e. The van der Waals surface area contributed by atoms with Gasteiger partial charge in [-0.3, -0.25) is 4.79 Å². The standard InChI is InChI=1S/C12H15N5O/c1-3-4-12(18)14-10-6-5-9(2)11(7-10)17-8-13-15-16-17/h5-8H,3-4H2,1-2H3,(H,14,18). The van der Waals surface area contributed by atoms with Crippen molar-refractivity contribution in [1.29, 1.82) is 0 Å². The molecule has 2 rings (SSSR count). The van der Waals surface area contributed by atoms with Gasteiger partial charge in [0.05, 0.1) is 5.69 Å². The number of rotatable bonds is 4. The first-order valence-electron chi connectivity index (χ1n) is 5.84. The smallest absolute Gasteiger partial charge is 0.224 e. The van der Waals surface area contributed by atoms with Crippen LogP contribution >= 0.6 is 0 Å². The molecule has 0 fully saturated rings. The number of anilines is 1. The molecule has 6 heteroatoms. The summed E-state index contributed by atoms with van der Waals surface area (Å²) in [4.78, 5) is 11.5. The molecule has 0 saturated heterocycles. The molecule has 0 saturated carbocycles. The molecular formula is C12H15N5O. The van der Waals surface area contributed by atoms with Crippen LogP contribution < -0.4 is 5.32 Å². The topological polar surface area (TPSA) is 72.7 Å². The summed E-state index contributed by atoms with van der Waals surface area (Å²) in [6, 6.07) is 5.66. The summed E-state index contributed by atoms with van der Waals surface area (Å²) in [5.74, 6) is 0.0176. The molecular weight excluding hydrogens is 230 g/mol.